The molecule has 0 amide bonds. The average Bonchev–Trinajstić information content (AvgIpc) is 2.61. The first-order valence-corrected chi connectivity index (χ1v) is 6.91. The lowest BCUT2D eigenvalue weighted by atomic mass is 9.95. The third-order valence-electron chi connectivity index (χ3n) is 3.36. The van der Waals surface area contributed by atoms with E-state index in [2.05, 4.69) is 9.53 Å². The summed E-state index contributed by atoms with van der Waals surface area (Å²) in [4.78, 5) is 27.1. The molecule has 0 fully saturated rings. The fraction of sp³-hybridized carbons (Fsp3) is 0.118. The molecule has 2 aromatic carbocycles. The Balaban J connectivity index is 2.55. The van der Waals surface area contributed by atoms with Crippen molar-refractivity contribution < 1.29 is 32.3 Å². The van der Waals surface area contributed by atoms with Crippen LogP contribution in [0.2, 0.25) is 0 Å². The van der Waals surface area contributed by atoms with Crippen LogP contribution in [0.4, 0.5) is 13.2 Å². The quantitative estimate of drug-likeness (QED) is 0.280. The number of alkyl halides is 3. The molecule has 8 heteroatoms. The van der Waals surface area contributed by atoms with Gasteiger partial charge in [-0.25, -0.2) is 4.79 Å². The van der Waals surface area contributed by atoms with E-state index in [1.165, 1.54) is 30.3 Å². The lowest BCUT2D eigenvalue weighted by Gasteiger charge is -2.09. The maximum Gasteiger partial charge on any atom is 0.422 e. The van der Waals surface area contributed by atoms with Gasteiger partial charge in [-0.3, -0.25) is 4.79 Å². The van der Waals surface area contributed by atoms with Gasteiger partial charge >= 0.3 is 17.9 Å². The zero-order valence-corrected chi connectivity index (χ0v) is 12.9. The van der Waals surface area contributed by atoms with Crippen molar-refractivity contribution in [1.82, 2.24) is 0 Å². The van der Waals surface area contributed by atoms with Gasteiger partial charge < -0.3 is 10.3 Å². The number of halogens is 3. The van der Waals surface area contributed by atoms with E-state index in [0.717, 1.165) is 19.2 Å². The SMILES string of the molecule is COC(=O)C(=[N+]=[N-])c1ccccc1C(=O)c1cccc(C(F)(F)F)c1. The van der Waals surface area contributed by atoms with E-state index in [0.29, 0.717) is 6.07 Å². The zero-order chi connectivity index (χ0) is 18.6. The first-order valence-electron chi connectivity index (χ1n) is 6.91. The highest BCUT2D eigenvalue weighted by Gasteiger charge is 2.32. The van der Waals surface area contributed by atoms with Crippen molar-refractivity contribution in [3.63, 3.8) is 0 Å². The monoisotopic (exact) mass is 348 g/mol. The molecule has 25 heavy (non-hydrogen) atoms. The van der Waals surface area contributed by atoms with Crippen LogP contribution in [0.15, 0.2) is 48.5 Å². The van der Waals surface area contributed by atoms with Gasteiger partial charge in [0.25, 0.3) is 0 Å². The number of hydrogen-bond acceptors (Lipinski definition) is 3. The second kappa shape index (κ2) is 7.11. The predicted octanol–water partition coefficient (Wildman–Crippen LogP) is 3.13. The first kappa shape index (κ1) is 18.1. The number of esters is 1. The number of carbonyl (C=O) groups is 2. The molecule has 0 aliphatic heterocycles. The van der Waals surface area contributed by atoms with Gasteiger partial charge in [0.15, 0.2) is 5.78 Å². The molecule has 0 N–H and O–H groups in total. The van der Waals surface area contributed by atoms with Crippen LogP contribution >= 0.6 is 0 Å². The number of nitrogens with zero attached hydrogens (tertiary/aromatic N) is 2. The minimum Gasteiger partial charge on any atom is -0.460 e. The lowest BCUT2D eigenvalue weighted by molar-refractivity contribution is -0.138. The molecular weight excluding hydrogens is 337 g/mol. The molecule has 128 valence electrons. The molecule has 0 heterocycles. The van der Waals surface area contributed by atoms with E-state index in [1.807, 2.05) is 0 Å². The van der Waals surface area contributed by atoms with Crippen LogP contribution in [0.1, 0.15) is 27.0 Å². The zero-order valence-electron chi connectivity index (χ0n) is 12.9. The summed E-state index contributed by atoms with van der Waals surface area (Å²) in [5.41, 5.74) is 7.16. The summed E-state index contributed by atoms with van der Waals surface area (Å²) in [7, 11) is 1.06. The van der Waals surface area contributed by atoms with Crippen LogP contribution in [-0.2, 0) is 15.7 Å². The minimum absolute atomic E-state index is 0.0562. The molecule has 0 aromatic heterocycles. The lowest BCUT2D eigenvalue weighted by Crippen LogP contribution is -2.21. The molecule has 2 aromatic rings. The molecule has 0 unspecified atom stereocenters. The summed E-state index contributed by atoms with van der Waals surface area (Å²) < 4.78 is 42.9. The van der Waals surface area contributed by atoms with Crippen molar-refractivity contribution >= 4 is 17.5 Å². The Morgan fingerprint density at radius 3 is 2.24 bits per heavy atom. The second-order valence-electron chi connectivity index (χ2n) is 4.89. The van der Waals surface area contributed by atoms with E-state index >= 15 is 0 Å². The van der Waals surface area contributed by atoms with E-state index < -0.39 is 29.2 Å². The first-order chi connectivity index (χ1) is 11.8. The van der Waals surface area contributed by atoms with Crippen molar-refractivity contribution in [2.75, 3.05) is 7.11 Å². The minimum atomic E-state index is -4.60. The molecule has 0 atom stereocenters. The van der Waals surface area contributed by atoms with Gasteiger partial charge in [-0.1, -0.05) is 30.3 Å². The van der Waals surface area contributed by atoms with Gasteiger partial charge in [-0.15, -0.1) is 0 Å². The standard InChI is InChI=1S/C17H11F3N2O3/c1-25-16(24)14(22-21)12-7-2-3-8-13(12)15(23)10-5-4-6-11(9-10)17(18,19)20/h2-9H,1H3. The number of methoxy groups -OCH3 is 1. The number of rotatable bonds is 4. The molecule has 0 aliphatic carbocycles. The number of ketones is 1. The van der Waals surface area contributed by atoms with Gasteiger partial charge in [0, 0.05) is 11.1 Å². The fourth-order valence-corrected chi connectivity index (χ4v) is 2.18. The van der Waals surface area contributed by atoms with Crippen LogP contribution in [-0.4, -0.2) is 29.4 Å². The molecule has 0 bridgehead atoms. The van der Waals surface area contributed by atoms with Gasteiger partial charge in [0.2, 0.25) is 0 Å². The molecule has 0 saturated heterocycles. The van der Waals surface area contributed by atoms with Crippen LogP contribution in [0, 0.1) is 0 Å². The Kier molecular flexibility index (Phi) is 5.14. The predicted molar refractivity (Wildman–Crippen MR) is 81.1 cm³/mol. The van der Waals surface area contributed by atoms with E-state index in [-0.39, 0.29) is 16.7 Å². The molecule has 0 radical (unpaired) electrons. The van der Waals surface area contributed by atoms with Gasteiger partial charge in [0.05, 0.1) is 18.2 Å². The van der Waals surface area contributed by atoms with Crippen LogP contribution in [0.3, 0.4) is 0 Å². The topological polar surface area (TPSA) is 79.8 Å². The highest BCUT2D eigenvalue weighted by atomic mass is 19.4. The summed E-state index contributed by atoms with van der Waals surface area (Å²) >= 11 is 0. The molecule has 0 spiro atoms. The van der Waals surface area contributed by atoms with E-state index in [4.69, 9.17) is 5.53 Å². The largest absolute Gasteiger partial charge is 0.460 e. The van der Waals surface area contributed by atoms with Crippen molar-refractivity contribution in [3.8, 4) is 0 Å². The molecule has 5 nitrogen and oxygen atoms in total. The van der Waals surface area contributed by atoms with Crippen molar-refractivity contribution in [1.29, 1.82) is 0 Å². The number of ether oxygens (including phenoxy) is 1. The maximum absolute atomic E-state index is 12.8. The van der Waals surface area contributed by atoms with E-state index in [1.54, 1.807) is 0 Å². The molecule has 0 aliphatic rings. The summed E-state index contributed by atoms with van der Waals surface area (Å²) in [5, 5.41) is 0. The Morgan fingerprint density at radius 2 is 1.68 bits per heavy atom. The van der Waals surface area contributed by atoms with E-state index in [9.17, 15) is 22.8 Å². The van der Waals surface area contributed by atoms with Crippen molar-refractivity contribution in [3.05, 3.63) is 76.3 Å². The summed E-state index contributed by atoms with van der Waals surface area (Å²) in [5.74, 6) is -1.75. The van der Waals surface area contributed by atoms with Gasteiger partial charge in [0.1, 0.15) is 0 Å². The van der Waals surface area contributed by atoms with Crippen LogP contribution in [0.5, 0.6) is 0 Å². The number of benzene rings is 2. The van der Waals surface area contributed by atoms with Gasteiger partial charge in [-0.2, -0.15) is 18.0 Å². The van der Waals surface area contributed by atoms with Crippen molar-refractivity contribution in [2.45, 2.75) is 6.18 Å². The number of hydrogen-bond donors (Lipinski definition) is 0. The fourth-order valence-electron chi connectivity index (χ4n) is 2.18. The summed E-state index contributed by atoms with van der Waals surface area (Å²) in [6.07, 6.45) is -4.60. The third-order valence-corrected chi connectivity index (χ3v) is 3.36. The molecule has 0 saturated carbocycles. The highest BCUT2D eigenvalue weighted by Crippen LogP contribution is 2.30. The average molecular weight is 348 g/mol. The number of carbonyl (C=O) groups excluding carboxylic acids is 2. The Bertz CT molecular complexity index is 885. The van der Waals surface area contributed by atoms with Crippen LogP contribution in [0.25, 0.3) is 5.53 Å². The van der Waals surface area contributed by atoms with Crippen molar-refractivity contribution in [2.24, 2.45) is 0 Å². The van der Waals surface area contributed by atoms with Gasteiger partial charge in [-0.05, 0) is 18.2 Å². The second-order valence-corrected chi connectivity index (χ2v) is 4.89. The maximum atomic E-state index is 12.8. The van der Waals surface area contributed by atoms with Crippen LogP contribution < -0.4 is 0 Å². The Morgan fingerprint density at radius 1 is 1.04 bits per heavy atom. The summed E-state index contributed by atoms with van der Waals surface area (Å²) in [6, 6.07) is 9.48. The Hall–Kier alpha value is -3.25. The molecular formula is C17H11F3N2O3. The summed E-state index contributed by atoms with van der Waals surface area (Å²) in [6.45, 7) is 0. The Labute approximate surface area is 140 Å². The molecule has 2 rings (SSSR count). The third kappa shape index (κ3) is 3.81. The smallest absolute Gasteiger partial charge is 0.422 e. The highest BCUT2D eigenvalue weighted by molar-refractivity contribution is 6.42. The normalized spacial score (nSPS) is 10.7.